The van der Waals surface area contributed by atoms with Gasteiger partial charge in [-0.05, 0) is 42.5 Å². The van der Waals surface area contributed by atoms with E-state index in [0.29, 0.717) is 17.3 Å². The Bertz CT molecular complexity index is 855. The molecular formula is C18H21N5O2S. The number of nitrogens with one attached hydrogen (secondary N) is 1. The summed E-state index contributed by atoms with van der Waals surface area (Å²) >= 11 is 4.91. The second-order valence-electron chi connectivity index (χ2n) is 4.99. The minimum Gasteiger partial charge on any atom is -0.474 e. The largest absolute Gasteiger partial charge is 0.474 e. The number of rotatable bonds is 5. The van der Waals surface area contributed by atoms with E-state index in [4.69, 9.17) is 17.0 Å². The maximum atomic E-state index is 10.8. The highest BCUT2D eigenvalue weighted by atomic mass is 32.1. The number of aromatic nitrogens is 4. The molecule has 0 saturated heterocycles. The van der Waals surface area contributed by atoms with E-state index in [-0.39, 0.29) is 0 Å². The van der Waals surface area contributed by atoms with Crippen molar-refractivity contribution in [1.29, 1.82) is 0 Å². The monoisotopic (exact) mass is 371 g/mol. The summed E-state index contributed by atoms with van der Waals surface area (Å²) in [5.74, 6) is 0. The number of hydrogen-bond acceptors (Lipinski definition) is 5. The van der Waals surface area contributed by atoms with Crippen LogP contribution in [0.3, 0.4) is 0 Å². The molecule has 0 aliphatic heterocycles. The van der Waals surface area contributed by atoms with Gasteiger partial charge >= 0.3 is 0 Å². The lowest BCUT2D eigenvalue weighted by atomic mass is 10.3. The van der Waals surface area contributed by atoms with Crippen LogP contribution in [0, 0.1) is 0 Å². The first kappa shape index (κ1) is 19.3. The van der Waals surface area contributed by atoms with Gasteiger partial charge in [0.2, 0.25) is 0 Å². The van der Waals surface area contributed by atoms with E-state index in [0.717, 1.165) is 23.4 Å². The second kappa shape index (κ2) is 9.47. The fraction of sp³-hybridized carbons (Fsp3) is 0.222. The standard InChI is InChI=1S/C16H15N5O2S.C2H6/c1-23-16(24)17-8-13-10-21(19-18-13)15-4-2-14(3-5-15)20-7-6-12(9-20)11-22;1-2/h2-7,9-11H,8H2,1H3,(H,17,24);1-2H3. The van der Waals surface area contributed by atoms with E-state index < -0.39 is 0 Å². The Labute approximate surface area is 157 Å². The van der Waals surface area contributed by atoms with Crippen molar-refractivity contribution in [2.24, 2.45) is 0 Å². The van der Waals surface area contributed by atoms with Crippen molar-refractivity contribution < 1.29 is 9.53 Å². The maximum absolute atomic E-state index is 10.8. The number of aldehydes is 1. The van der Waals surface area contributed by atoms with Crippen molar-refractivity contribution in [3.8, 4) is 11.4 Å². The van der Waals surface area contributed by atoms with Crippen molar-refractivity contribution >= 4 is 23.7 Å². The average Bonchev–Trinajstić information content (AvgIpc) is 3.37. The van der Waals surface area contributed by atoms with Gasteiger partial charge in [0, 0.05) is 23.6 Å². The highest BCUT2D eigenvalue weighted by Crippen LogP contribution is 2.14. The van der Waals surface area contributed by atoms with Gasteiger partial charge in [-0.15, -0.1) is 5.10 Å². The molecule has 3 aromatic rings. The minimum atomic E-state index is 0.315. The molecule has 1 N–H and O–H groups in total. The van der Waals surface area contributed by atoms with E-state index in [9.17, 15) is 4.79 Å². The summed E-state index contributed by atoms with van der Waals surface area (Å²) in [5.41, 5.74) is 3.23. The second-order valence-corrected chi connectivity index (χ2v) is 5.36. The average molecular weight is 371 g/mol. The SMILES string of the molecule is CC.COC(=S)NCc1cn(-c2ccc(-n3ccc(C=O)c3)cc2)nn1. The smallest absolute Gasteiger partial charge is 0.256 e. The van der Waals surface area contributed by atoms with E-state index in [2.05, 4.69) is 15.6 Å². The fourth-order valence-corrected chi connectivity index (χ4v) is 2.23. The molecule has 1 aromatic carbocycles. The van der Waals surface area contributed by atoms with Crippen molar-refractivity contribution in [3.63, 3.8) is 0 Å². The van der Waals surface area contributed by atoms with Gasteiger partial charge in [0.05, 0.1) is 25.5 Å². The number of thiocarbonyl (C=S) groups is 1. The Kier molecular flexibility index (Phi) is 7.04. The molecule has 0 amide bonds. The van der Waals surface area contributed by atoms with Gasteiger partial charge in [0.1, 0.15) is 5.69 Å². The van der Waals surface area contributed by atoms with E-state index >= 15 is 0 Å². The molecule has 0 atom stereocenters. The third-order valence-corrected chi connectivity index (χ3v) is 3.72. The first-order valence-electron chi connectivity index (χ1n) is 8.16. The molecule has 2 heterocycles. The lowest BCUT2D eigenvalue weighted by molar-refractivity contribution is 0.112. The van der Waals surface area contributed by atoms with Crippen LogP contribution in [0.1, 0.15) is 29.9 Å². The molecule has 0 saturated carbocycles. The van der Waals surface area contributed by atoms with Gasteiger partial charge in [-0.25, -0.2) is 4.68 Å². The summed E-state index contributed by atoms with van der Waals surface area (Å²) in [6.07, 6.45) is 6.27. The van der Waals surface area contributed by atoms with E-state index in [1.54, 1.807) is 16.9 Å². The normalized spacial score (nSPS) is 9.81. The zero-order valence-corrected chi connectivity index (χ0v) is 15.7. The molecule has 8 heteroatoms. The number of benzene rings is 1. The number of carbonyl (C=O) groups is 1. The van der Waals surface area contributed by atoms with Crippen molar-refractivity contribution in [2.75, 3.05) is 7.11 Å². The summed E-state index contributed by atoms with van der Waals surface area (Å²) in [6, 6.07) is 9.53. The Morgan fingerprint density at radius 1 is 1.19 bits per heavy atom. The van der Waals surface area contributed by atoms with Gasteiger partial charge in [-0.1, -0.05) is 19.1 Å². The van der Waals surface area contributed by atoms with Gasteiger partial charge in [0.25, 0.3) is 5.17 Å². The Balaban J connectivity index is 0.00000117. The predicted octanol–water partition coefficient (Wildman–Crippen LogP) is 2.92. The van der Waals surface area contributed by atoms with E-state index in [1.807, 2.05) is 55.1 Å². The van der Waals surface area contributed by atoms with Crippen LogP contribution in [0.4, 0.5) is 0 Å². The lowest BCUT2D eigenvalue weighted by Crippen LogP contribution is -2.22. The molecule has 26 heavy (non-hydrogen) atoms. The van der Waals surface area contributed by atoms with Crippen LogP contribution in [0.5, 0.6) is 0 Å². The van der Waals surface area contributed by atoms with Gasteiger partial charge in [-0.3, -0.25) is 4.79 Å². The van der Waals surface area contributed by atoms with Crippen LogP contribution in [-0.2, 0) is 11.3 Å². The molecule has 0 unspecified atom stereocenters. The summed E-state index contributed by atoms with van der Waals surface area (Å²) in [5, 5.41) is 11.4. The topological polar surface area (TPSA) is 74.0 Å². The van der Waals surface area contributed by atoms with Gasteiger partial charge < -0.3 is 14.6 Å². The summed E-state index contributed by atoms with van der Waals surface area (Å²) in [6.45, 7) is 4.45. The molecule has 0 spiro atoms. The number of methoxy groups -OCH3 is 1. The van der Waals surface area contributed by atoms with Crippen molar-refractivity contribution in [1.82, 2.24) is 24.9 Å². The van der Waals surface area contributed by atoms with Crippen LogP contribution >= 0.6 is 12.2 Å². The number of carbonyl (C=O) groups excluding carboxylic acids is 1. The van der Waals surface area contributed by atoms with E-state index in [1.165, 1.54) is 7.11 Å². The maximum Gasteiger partial charge on any atom is 0.256 e. The quantitative estimate of drug-likeness (QED) is 0.549. The van der Waals surface area contributed by atoms with Crippen LogP contribution < -0.4 is 5.32 Å². The highest BCUT2D eigenvalue weighted by Gasteiger charge is 2.05. The molecule has 0 fully saturated rings. The molecule has 2 aromatic heterocycles. The molecule has 0 radical (unpaired) electrons. The number of ether oxygens (including phenoxy) is 1. The molecule has 136 valence electrons. The minimum absolute atomic E-state index is 0.315. The zero-order valence-electron chi connectivity index (χ0n) is 14.9. The molecule has 0 aliphatic rings. The zero-order chi connectivity index (χ0) is 18.9. The van der Waals surface area contributed by atoms with Crippen LogP contribution in [-0.4, -0.2) is 38.1 Å². The molecule has 3 rings (SSSR count). The third kappa shape index (κ3) is 4.76. The molecular weight excluding hydrogens is 350 g/mol. The Morgan fingerprint density at radius 2 is 1.88 bits per heavy atom. The molecule has 7 nitrogen and oxygen atoms in total. The van der Waals surface area contributed by atoms with Crippen molar-refractivity contribution in [3.05, 3.63) is 60.2 Å². The summed E-state index contributed by atoms with van der Waals surface area (Å²) in [4.78, 5) is 10.8. The van der Waals surface area contributed by atoms with Gasteiger partial charge in [-0.2, -0.15) is 0 Å². The number of hydrogen-bond donors (Lipinski definition) is 1. The molecule has 0 bridgehead atoms. The summed E-state index contributed by atoms with van der Waals surface area (Å²) in [7, 11) is 1.51. The highest BCUT2D eigenvalue weighted by molar-refractivity contribution is 7.80. The van der Waals surface area contributed by atoms with Crippen LogP contribution in [0.2, 0.25) is 0 Å². The van der Waals surface area contributed by atoms with Crippen LogP contribution in [0.15, 0.2) is 48.9 Å². The summed E-state index contributed by atoms with van der Waals surface area (Å²) < 4.78 is 8.44. The third-order valence-electron chi connectivity index (χ3n) is 3.40. The number of nitrogens with zero attached hydrogens (tertiary/aromatic N) is 4. The Morgan fingerprint density at radius 3 is 2.50 bits per heavy atom. The fourth-order valence-electron chi connectivity index (χ4n) is 2.16. The predicted molar refractivity (Wildman–Crippen MR) is 104 cm³/mol. The first-order valence-corrected chi connectivity index (χ1v) is 8.57. The molecule has 0 aliphatic carbocycles. The first-order chi connectivity index (χ1) is 12.7. The van der Waals surface area contributed by atoms with Gasteiger partial charge in [0.15, 0.2) is 6.29 Å². The Hall–Kier alpha value is -3.00. The van der Waals surface area contributed by atoms with Crippen LogP contribution in [0.25, 0.3) is 11.4 Å². The lowest BCUT2D eigenvalue weighted by Gasteiger charge is -2.05. The van der Waals surface area contributed by atoms with Crippen molar-refractivity contribution in [2.45, 2.75) is 20.4 Å².